The smallest absolute Gasteiger partial charge is 0.244 e. The minimum absolute atomic E-state index is 0.0373. The van der Waals surface area contributed by atoms with Gasteiger partial charge in [0.25, 0.3) is 0 Å². The second-order valence-electron chi connectivity index (χ2n) is 10.3. The summed E-state index contributed by atoms with van der Waals surface area (Å²) in [6.45, 7) is 5.23. The van der Waals surface area contributed by atoms with Crippen LogP contribution in [-0.2, 0) is 33.8 Å². The molecule has 0 saturated carbocycles. The van der Waals surface area contributed by atoms with Crippen molar-refractivity contribution >= 4 is 23.4 Å². The van der Waals surface area contributed by atoms with Gasteiger partial charge in [0.15, 0.2) is 0 Å². The largest absolute Gasteiger partial charge is 0.351 e. The van der Waals surface area contributed by atoms with Gasteiger partial charge in [-0.3, -0.25) is 19.3 Å². The first-order valence-electron chi connectivity index (χ1n) is 13.0. The number of para-hydroxylation sites is 1. The molecule has 11 heteroatoms. The Balaban J connectivity index is 1.49. The normalized spacial score (nSPS) is 20.4. The standard InChI is InChI=1S/C26H38N8O3/c1-5-16(2)21(30-23(35)15-33(3)4)14-27-20-10-9-17-7-6-8-18-11-22(34(24(17)18)26(20)37)25(36)28-12-19-13-29-32-31-19/h6-8,13,16,20-22,27H,5,9-12,14-15H2,1-4H3,(H,28,36)(H,30,35)(H,29,31,32). The Kier molecular flexibility index (Phi) is 8.55. The number of anilines is 1. The Morgan fingerprint density at radius 3 is 2.76 bits per heavy atom. The Labute approximate surface area is 217 Å². The van der Waals surface area contributed by atoms with Crippen LogP contribution in [0.25, 0.3) is 0 Å². The fourth-order valence-electron chi connectivity index (χ4n) is 5.12. The van der Waals surface area contributed by atoms with Crippen molar-refractivity contribution in [1.82, 2.24) is 36.3 Å². The molecule has 4 atom stereocenters. The van der Waals surface area contributed by atoms with Crippen LogP contribution in [-0.4, -0.2) is 83.3 Å². The van der Waals surface area contributed by atoms with Crippen LogP contribution in [0.5, 0.6) is 0 Å². The average Bonchev–Trinajstić information content (AvgIpc) is 3.50. The van der Waals surface area contributed by atoms with Crippen LogP contribution in [0.2, 0.25) is 0 Å². The summed E-state index contributed by atoms with van der Waals surface area (Å²) >= 11 is 0. The van der Waals surface area contributed by atoms with Gasteiger partial charge in [-0.1, -0.05) is 38.5 Å². The lowest BCUT2D eigenvalue weighted by Gasteiger charge is -2.30. The number of amides is 3. The van der Waals surface area contributed by atoms with E-state index in [4.69, 9.17) is 0 Å². The molecule has 11 nitrogen and oxygen atoms in total. The Morgan fingerprint density at radius 2 is 2.05 bits per heavy atom. The summed E-state index contributed by atoms with van der Waals surface area (Å²) < 4.78 is 0. The lowest BCUT2D eigenvalue weighted by Crippen LogP contribution is -2.56. The third-order valence-corrected chi connectivity index (χ3v) is 7.34. The second kappa shape index (κ2) is 11.8. The summed E-state index contributed by atoms with van der Waals surface area (Å²) in [6.07, 6.45) is 4.30. The van der Waals surface area contributed by atoms with E-state index in [1.807, 2.05) is 37.2 Å². The van der Waals surface area contributed by atoms with Crippen LogP contribution in [0, 0.1) is 5.92 Å². The Hall–Kier alpha value is -3.31. The number of nitrogens with zero attached hydrogens (tertiary/aromatic N) is 4. The minimum atomic E-state index is -0.622. The van der Waals surface area contributed by atoms with Crippen molar-refractivity contribution in [3.8, 4) is 0 Å². The van der Waals surface area contributed by atoms with Gasteiger partial charge in [-0.15, -0.1) is 0 Å². The molecular weight excluding hydrogens is 472 g/mol. The molecule has 2 aliphatic heterocycles. The van der Waals surface area contributed by atoms with Gasteiger partial charge >= 0.3 is 0 Å². The fraction of sp³-hybridized carbons (Fsp3) is 0.577. The zero-order valence-electron chi connectivity index (χ0n) is 22.1. The number of aryl methyl sites for hydroxylation is 1. The molecule has 1 aromatic carbocycles. The molecule has 0 radical (unpaired) electrons. The number of hydrogen-bond donors (Lipinski definition) is 4. The Bertz CT molecular complexity index is 1100. The second-order valence-corrected chi connectivity index (χ2v) is 10.3. The summed E-state index contributed by atoms with van der Waals surface area (Å²) in [6, 6.07) is 4.85. The maximum absolute atomic E-state index is 13.9. The van der Waals surface area contributed by atoms with Crippen molar-refractivity contribution < 1.29 is 14.4 Å². The highest BCUT2D eigenvalue weighted by atomic mass is 16.2. The van der Waals surface area contributed by atoms with E-state index in [2.05, 4.69) is 45.2 Å². The highest BCUT2D eigenvalue weighted by Crippen LogP contribution is 2.39. The van der Waals surface area contributed by atoms with Gasteiger partial charge in [-0.2, -0.15) is 15.4 Å². The number of H-pyrrole nitrogens is 1. The van der Waals surface area contributed by atoms with E-state index in [1.54, 1.807) is 11.1 Å². The van der Waals surface area contributed by atoms with Crippen LogP contribution in [0.3, 0.4) is 0 Å². The molecular formula is C26H38N8O3. The summed E-state index contributed by atoms with van der Waals surface area (Å²) in [7, 11) is 3.72. The summed E-state index contributed by atoms with van der Waals surface area (Å²) in [5, 5.41) is 19.8. The van der Waals surface area contributed by atoms with Crippen LogP contribution < -0.4 is 20.9 Å². The van der Waals surface area contributed by atoms with Gasteiger partial charge in [-0.25, -0.2) is 0 Å². The van der Waals surface area contributed by atoms with E-state index in [1.165, 1.54) is 0 Å². The number of rotatable bonds is 11. The first-order valence-corrected chi connectivity index (χ1v) is 13.0. The van der Waals surface area contributed by atoms with Gasteiger partial charge in [-0.05, 0) is 44.0 Å². The van der Waals surface area contributed by atoms with Gasteiger partial charge in [0.05, 0.1) is 31.0 Å². The van der Waals surface area contributed by atoms with Crippen molar-refractivity contribution in [2.75, 3.05) is 32.1 Å². The van der Waals surface area contributed by atoms with Crippen LogP contribution in [0.1, 0.15) is 43.5 Å². The molecule has 1 aromatic heterocycles. The van der Waals surface area contributed by atoms with Crippen LogP contribution >= 0.6 is 0 Å². The number of carbonyl (C=O) groups excluding carboxylic acids is 3. The van der Waals surface area contributed by atoms with Crippen molar-refractivity contribution in [2.45, 2.75) is 64.2 Å². The molecule has 0 spiro atoms. The topological polar surface area (TPSA) is 135 Å². The quantitative estimate of drug-likeness (QED) is 0.343. The van der Waals surface area contributed by atoms with E-state index >= 15 is 0 Å². The number of carbonyl (C=O) groups is 3. The van der Waals surface area contributed by atoms with Crippen LogP contribution in [0.15, 0.2) is 24.4 Å². The maximum Gasteiger partial charge on any atom is 0.244 e. The van der Waals surface area contributed by atoms with Gasteiger partial charge < -0.3 is 20.9 Å². The minimum Gasteiger partial charge on any atom is -0.351 e. The highest BCUT2D eigenvalue weighted by molar-refractivity contribution is 6.06. The first kappa shape index (κ1) is 26.7. The molecule has 2 aromatic rings. The van der Waals surface area contributed by atoms with Gasteiger partial charge in [0.2, 0.25) is 17.7 Å². The number of nitrogens with one attached hydrogen (secondary N) is 4. The lowest BCUT2D eigenvalue weighted by molar-refractivity contribution is -0.127. The molecule has 4 rings (SSSR count). The highest BCUT2D eigenvalue weighted by Gasteiger charge is 2.43. The molecule has 200 valence electrons. The molecule has 0 fully saturated rings. The maximum atomic E-state index is 13.9. The van der Waals surface area contributed by atoms with E-state index in [9.17, 15) is 14.4 Å². The van der Waals surface area contributed by atoms with Crippen LogP contribution in [0.4, 0.5) is 5.69 Å². The predicted octanol–water partition coefficient (Wildman–Crippen LogP) is 0.376. The molecule has 0 bridgehead atoms. The van der Waals surface area contributed by atoms with E-state index < -0.39 is 12.1 Å². The third-order valence-electron chi connectivity index (χ3n) is 7.34. The molecule has 3 heterocycles. The summed E-state index contributed by atoms with van der Waals surface area (Å²) in [5.74, 6) is -0.116. The molecule has 3 amide bonds. The number of benzene rings is 1. The van der Waals surface area contributed by atoms with E-state index in [0.29, 0.717) is 31.6 Å². The lowest BCUT2D eigenvalue weighted by atomic mass is 9.97. The molecule has 0 aliphatic carbocycles. The zero-order chi connectivity index (χ0) is 26.5. The van der Waals surface area contributed by atoms with Gasteiger partial charge in [0.1, 0.15) is 11.7 Å². The number of hydrogen-bond acceptors (Lipinski definition) is 7. The molecule has 4 unspecified atom stereocenters. The van der Waals surface area contributed by atoms with Crippen molar-refractivity contribution in [3.05, 3.63) is 41.2 Å². The summed E-state index contributed by atoms with van der Waals surface area (Å²) in [5.41, 5.74) is 3.59. The van der Waals surface area contributed by atoms with Crippen molar-refractivity contribution in [2.24, 2.45) is 5.92 Å². The molecule has 4 N–H and O–H groups in total. The monoisotopic (exact) mass is 510 g/mol. The third kappa shape index (κ3) is 6.16. The van der Waals surface area contributed by atoms with Crippen molar-refractivity contribution in [3.63, 3.8) is 0 Å². The first-order chi connectivity index (χ1) is 17.8. The SMILES string of the molecule is CCC(C)C(CNC1CCc2cccc3c2N(C1=O)C(C(=O)NCc1cn[nH]n1)C3)NC(=O)CN(C)C. The van der Waals surface area contributed by atoms with Gasteiger partial charge in [0, 0.05) is 19.0 Å². The molecule has 0 saturated heterocycles. The van der Waals surface area contributed by atoms with E-state index in [-0.39, 0.29) is 36.2 Å². The van der Waals surface area contributed by atoms with Crippen molar-refractivity contribution in [1.29, 1.82) is 0 Å². The summed E-state index contributed by atoms with van der Waals surface area (Å²) in [4.78, 5) is 43.1. The Morgan fingerprint density at radius 1 is 1.27 bits per heavy atom. The zero-order valence-corrected chi connectivity index (χ0v) is 22.1. The molecule has 37 heavy (non-hydrogen) atoms. The number of aromatic amines is 1. The average molecular weight is 511 g/mol. The predicted molar refractivity (Wildman–Crippen MR) is 140 cm³/mol. The fourth-order valence-corrected chi connectivity index (χ4v) is 5.12. The molecule has 2 aliphatic rings. The van der Waals surface area contributed by atoms with E-state index in [0.717, 1.165) is 29.7 Å². The number of likely N-dealkylation sites (N-methyl/N-ethyl adjacent to an activating group) is 1. The number of aromatic nitrogens is 3.